The molecule has 0 unspecified atom stereocenters. The lowest BCUT2D eigenvalue weighted by Crippen LogP contribution is -2.06. The number of rotatable bonds is 3. The summed E-state index contributed by atoms with van der Waals surface area (Å²) in [6.07, 6.45) is 3.11. The van der Waals surface area contributed by atoms with Crippen LogP contribution in [-0.4, -0.2) is 28.4 Å². The van der Waals surface area contributed by atoms with Crippen molar-refractivity contribution in [3.8, 4) is 5.75 Å². The first-order chi connectivity index (χ1) is 9.08. The van der Waals surface area contributed by atoms with Crippen molar-refractivity contribution < 1.29 is 24.5 Å². The maximum Gasteiger partial charge on any atom is 0.338 e. The Morgan fingerprint density at radius 1 is 1.21 bits per heavy atom. The number of aliphatic carboxylic acids is 2. The van der Waals surface area contributed by atoms with Gasteiger partial charge in [-0.3, -0.25) is 4.99 Å². The summed E-state index contributed by atoms with van der Waals surface area (Å²) in [5, 5.41) is 17.6. The van der Waals surface area contributed by atoms with E-state index in [9.17, 15) is 9.59 Å². The molecule has 6 heteroatoms. The van der Waals surface area contributed by atoms with Gasteiger partial charge in [-0.25, -0.2) is 9.59 Å². The fourth-order valence-electron chi connectivity index (χ4n) is 1.49. The van der Waals surface area contributed by atoms with Gasteiger partial charge >= 0.3 is 11.9 Å². The molecule has 0 fully saturated rings. The fourth-order valence-corrected chi connectivity index (χ4v) is 1.49. The van der Waals surface area contributed by atoms with Crippen LogP contribution < -0.4 is 4.74 Å². The number of benzene rings is 1. The predicted molar refractivity (Wildman–Crippen MR) is 66.1 cm³/mol. The number of nitrogens with zero attached hydrogens (tertiary/aromatic N) is 1. The molecule has 1 aromatic carbocycles. The average molecular weight is 259 g/mol. The lowest BCUT2D eigenvalue weighted by atomic mass is 10.2. The molecule has 0 aromatic heterocycles. The van der Waals surface area contributed by atoms with Gasteiger partial charge in [-0.1, -0.05) is 12.1 Å². The highest BCUT2D eigenvalue weighted by molar-refractivity contribution is 5.99. The monoisotopic (exact) mass is 259 g/mol. The molecular formula is C13H9NO5. The van der Waals surface area contributed by atoms with Crippen molar-refractivity contribution in [3.63, 3.8) is 0 Å². The molecule has 6 nitrogen and oxygen atoms in total. The van der Waals surface area contributed by atoms with E-state index in [4.69, 9.17) is 14.9 Å². The van der Waals surface area contributed by atoms with Crippen molar-refractivity contribution in [2.75, 3.05) is 0 Å². The number of hydrogen-bond acceptors (Lipinski definition) is 4. The van der Waals surface area contributed by atoms with Crippen molar-refractivity contribution >= 4 is 18.2 Å². The number of para-hydroxylation sites is 1. The van der Waals surface area contributed by atoms with Gasteiger partial charge in [0, 0.05) is 17.9 Å². The summed E-state index contributed by atoms with van der Waals surface area (Å²) in [6, 6.07) is 6.99. The SMILES string of the molecule is O=C(O)C=C(C(=O)O)C1=COc2ccccc2C=N1. The number of aliphatic imine (C=N–C) groups is 1. The summed E-state index contributed by atoms with van der Waals surface area (Å²) >= 11 is 0. The van der Waals surface area contributed by atoms with Gasteiger partial charge in [0.2, 0.25) is 0 Å². The van der Waals surface area contributed by atoms with E-state index in [0.29, 0.717) is 17.4 Å². The molecule has 0 atom stereocenters. The molecule has 1 aliphatic rings. The van der Waals surface area contributed by atoms with Crippen molar-refractivity contribution in [3.05, 3.63) is 53.4 Å². The Labute approximate surface area is 108 Å². The second-order valence-corrected chi connectivity index (χ2v) is 3.62. The van der Waals surface area contributed by atoms with Crippen LogP contribution in [-0.2, 0) is 9.59 Å². The van der Waals surface area contributed by atoms with Gasteiger partial charge in [0.15, 0.2) is 0 Å². The van der Waals surface area contributed by atoms with Crippen molar-refractivity contribution in [1.82, 2.24) is 0 Å². The Morgan fingerprint density at radius 3 is 2.63 bits per heavy atom. The summed E-state index contributed by atoms with van der Waals surface area (Å²) in [4.78, 5) is 25.6. The molecule has 19 heavy (non-hydrogen) atoms. The second kappa shape index (κ2) is 5.18. The summed E-state index contributed by atoms with van der Waals surface area (Å²) in [7, 11) is 0. The molecule has 0 saturated heterocycles. The third-order valence-corrected chi connectivity index (χ3v) is 2.33. The minimum absolute atomic E-state index is 0.0638. The van der Waals surface area contributed by atoms with Gasteiger partial charge in [-0.05, 0) is 12.1 Å². The Morgan fingerprint density at radius 2 is 1.95 bits per heavy atom. The molecule has 96 valence electrons. The number of carbonyl (C=O) groups is 2. The second-order valence-electron chi connectivity index (χ2n) is 3.62. The first-order valence-electron chi connectivity index (χ1n) is 5.26. The standard InChI is InChI=1S/C13H9NO5/c15-12(16)5-9(13(17)18)10-7-19-11-4-2-1-3-8(11)6-14-10/h1-7H,(H,15,16)(H,17,18). The topological polar surface area (TPSA) is 96.2 Å². The lowest BCUT2D eigenvalue weighted by molar-refractivity contribution is -0.134. The van der Waals surface area contributed by atoms with Crippen LogP contribution in [0.2, 0.25) is 0 Å². The zero-order valence-electron chi connectivity index (χ0n) is 9.61. The van der Waals surface area contributed by atoms with Gasteiger partial charge in [0.1, 0.15) is 17.7 Å². The number of hydrogen-bond donors (Lipinski definition) is 2. The molecule has 0 aliphatic carbocycles. The van der Waals surface area contributed by atoms with Crippen LogP contribution in [0.1, 0.15) is 5.56 Å². The molecule has 0 spiro atoms. The van der Waals surface area contributed by atoms with Gasteiger partial charge in [-0.2, -0.15) is 0 Å². The Kier molecular flexibility index (Phi) is 3.42. The summed E-state index contributed by atoms with van der Waals surface area (Å²) in [6.45, 7) is 0. The maximum atomic E-state index is 11.0. The number of carboxylic acid groups (broad SMARTS) is 2. The molecule has 0 radical (unpaired) electrons. The first-order valence-corrected chi connectivity index (χ1v) is 5.26. The molecule has 1 aliphatic heterocycles. The fraction of sp³-hybridized carbons (Fsp3) is 0. The van der Waals surface area contributed by atoms with Crippen LogP contribution in [0.25, 0.3) is 0 Å². The number of carboxylic acids is 2. The summed E-state index contributed by atoms with van der Waals surface area (Å²) < 4.78 is 5.29. The van der Waals surface area contributed by atoms with E-state index in [1.165, 1.54) is 6.21 Å². The van der Waals surface area contributed by atoms with E-state index in [0.717, 1.165) is 6.26 Å². The average Bonchev–Trinajstić information content (AvgIpc) is 2.58. The van der Waals surface area contributed by atoms with Crippen LogP contribution in [0, 0.1) is 0 Å². The predicted octanol–water partition coefficient (Wildman–Crippen LogP) is 1.43. The zero-order valence-corrected chi connectivity index (χ0v) is 9.61. The van der Waals surface area contributed by atoms with Crippen LogP contribution >= 0.6 is 0 Å². The largest absolute Gasteiger partial charge is 0.478 e. The molecule has 1 heterocycles. The third-order valence-electron chi connectivity index (χ3n) is 2.33. The van der Waals surface area contributed by atoms with Gasteiger partial charge in [0.05, 0.1) is 5.57 Å². The molecule has 0 saturated carbocycles. The van der Waals surface area contributed by atoms with E-state index in [-0.39, 0.29) is 5.70 Å². The van der Waals surface area contributed by atoms with Gasteiger partial charge in [-0.15, -0.1) is 0 Å². The molecule has 0 bridgehead atoms. The van der Waals surface area contributed by atoms with Crippen molar-refractivity contribution in [2.24, 2.45) is 4.99 Å². The normalized spacial score (nSPS) is 13.9. The van der Waals surface area contributed by atoms with Crippen LogP contribution in [0.15, 0.2) is 52.9 Å². The smallest absolute Gasteiger partial charge is 0.338 e. The number of ether oxygens (including phenoxy) is 1. The highest BCUT2D eigenvalue weighted by Crippen LogP contribution is 2.22. The number of fused-ring (bicyclic) bond motifs is 1. The molecule has 1 aromatic rings. The summed E-state index contributed by atoms with van der Waals surface area (Å²) in [5.74, 6) is -2.24. The molecule has 2 rings (SSSR count). The van der Waals surface area contributed by atoms with Gasteiger partial charge in [0.25, 0.3) is 0 Å². The van der Waals surface area contributed by atoms with Crippen LogP contribution in [0.3, 0.4) is 0 Å². The molecule has 2 N–H and O–H groups in total. The zero-order chi connectivity index (χ0) is 13.8. The third kappa shape index (κ3) is 2.86. The minimum Gasteiger partial charge on any atom is -0.478 e. The van der Waals surface area contributed by atoms with Gasteiger partial charge < -0.3 is 14.9 Å². The highest BCUT2D eigenvalue weighted by Gasteiger charge is 2.17. The minimum atomic E-state index is -1.39. The Balaban J connectivity index is 2.41. The van der Waals surface area contributed by atoms with E-state index >= 15 is 0 Å². The maximum absolute atomic E-state index is 11.0. The molecule has 0 amide bonds. The van der Waals surface area contributed by atoms with E-state index in [1.54, 1.807) is 24.3 Å². The van der Waals surface area contributed by atoms with Crippen LogP contribution in [0.4, 0.5) is 0 Å². The van der Waals surface area contributed by atoms with E-state index in [2.05, 4.69) is 4.99 Å². The van der Waals surface area contributed by atoms with Crippen molar-refractivity contribution in [1.29, 1.82) is 0 Å². The highest BCUT2D eigenvalue weighted by atomic mass is 16.5. The van der Waals surface area contributed by atoms with E-state index in [1.807, 2.05) is 0 Å². The summed E-state index contributed by atoms with van der Waals surface area (Å²) in [5.41, 5.74) is 0.163. The molecular weight excluding hydrogens is 250 g/mol. The quantitative estimate of drug-likeness (QED) is 0.800. The first kappa shape index (κ1) is 12.6. The lowest BCUT2D eigenvalue weighted by Gasteiger charge is -2.02. The Hall–Kier alpha value is -2.89. The van der Waals surface area contributed by atoms with E-state index < -0.39 is 17.5 Å². The van der Waals surface area contributed by atoms with Crippen molar-refractivity contribution in [2.45, 2.75) is 0 Å². The van der Waals surface area contributed by atoms with Crippen LogP contribution in [0.5, 0.6) is 5.75 Å². The Bertz CT molecular complexity index is 628.